The van der Waals surface area contributed by atoms with Crippen molar-refractivity contribution in [2.24, 2.45) is 7.05 Å². The number of hydrogen-bond donors (Lipinski definition) is 1. The summed E-state index contributed by atoms with van der Waals surface area (Å²) >= 11 is 0. The summed E-state index contributed by atoms with van der Waals surface area (Å²) in [5.41, 5.74) is 6.33. The number of rotatable bonds is 6. The normalized spacial score (nSPS) is 14.5. The highest BCUT2D eigenvalue weighted by molar-refractivity contribution is 5.65. The molecule has 1 N–H and O–H groups in total. The van der Waals surface area contributed by atoms with E-state index in [1.54, 1.807) is 0 Å². The van der Waals surface area contributed by atoms with E-state index in [0.29, 0.717) is 6.61 Å². The van der Waals surface area contributed by atoms with Crippen molar-refractivity contribution >= 4 is 0 Å². The van der Waals surface area contributed by atoms with Crippen LogP contribution in [0.15, 0.2) is 54.6 Å². The molecule has 2 heterocycles. The Morgan fingerprint density at radius 2 is 1.86 bits per heavy atom. The quantitative estimate of drug-likeness (QED) is 0.717. The van der Waals surface area contributed by atoms with Crippen molar-refractivity contribution in [1.29, 1.82) is 0 Å². The molecule has 0 aliphatic carbocycles. The lowest BCUT2D eigenvalue weighted by Gasteiger charge is -2.20. The van der Waals surface area contributed by atoms with E-state index >= 15 is 0 Å². The average Bonchev–Trinajstić information content (AvgIpc) is 2.92. The fraction of sp³-hybridized carbons (Fsp3) is 0.348. The van der Waals surface area contributed by atoms with Crippen LogP contribution in [-0.4, -0.2) is 46.1 Å². The van der Waals surface area contributed by atoms with Crippen LogP contribution in [-0.2, 0) is 26.4 Å². The number of aliphatic hydroxyl groups excluding tert-OH is 1. The van der Waals surface area contributed by atoms with Gasteiger partial charge in [0, 0.05) is 44.2 Å². The van der Waals surface area contributed by atoms with Crippen LogP contribution in [0.2, 0.25) is 0 Å². The molecule has 0 spiro atoms. The summed E-state index contributed by atoms with van der Waals surface area (Å²) in [7, 11) is 2.05. The first kappa shape index (κ1) is 18.7. The largest absolute Gasteiger partial charge is 0.491 e. The van der Waals surface area contributed by atoms with Gasteiger partial charge in [-0.2, -0.15) is 5.10 Å². The van der Waals surface area contributed by atoms with E-state index in [9.17, 15) is 0 Å². The van der Waals surface area contributed by atoms with Gasteiger partial charge in [-0.3, -0.25) is 9.58 Å². The molecule has 2 aromatic carbocycles. The Morgan fingerprint density at radius 1 is 1.04 bits per heavy atom. The van der Waals surface area contributed by atoms with Gasteiger partial charge >= 0.3 is 0 Å². The van der Waals surface area contributed by atoms with Crippen LogP contribution in [0, 0.1) is 0 Å². The minimum Gasteiger partial charge on any atom is -0.491 e. The van der Waals surface area contributed by atoms with Crippen LogP contribution < -0.4 is 4.74 Å². The summed E-state index contributed by atoms with van der Waals surface area (Å²) in [5.74, 6) is 0.818. The molecule has 5 heteroatoms. The molecule has 0 unspecified atom stereocenters. The molecular weight excluding hydrogens is 350 g/mol. The van der Waals surface area contributed by atoms with Crippen LogP contribution in [0.4, 0.5) is 0 Å². The van der Waals surface area contributed by atoms with Crippen LogP contribution in [0.25, 0.3) is 11.3 Å². The van der Waals surface area contributed by atoms with Crippen LogP contribution in [0.1, 0.15) is 16.8 Å². The van der Waals surface area contributed by atoms with E-state index in [1.165, 1.54) is 28.1 Å². The molecule has 3 aromatic rings. The highest BCUT2D eigenvalue weighted by atomic mass is 16.5. The zero-order valence-electron chi connectivity index (χ0n) is 16.3. The van der Waals surface area contributed by atoms with Gasteiger partial charge in [-0.25, -0.2) is 0 Å². The number of fused-ring (bicyclic) bond motifs is 1. The molecular formula is C23H27N3O2. The SMILES string of the molecule is Cn1nc2c(c1-c1ccccc1)CCN(Cc1cccc(OCCO)c1)CC2. The van der Waals surface area contributed by atoms with Crippen molar-refractivity contribution in [3.63, 3.8) is 0 Å². The second kappa shape index (κ2) is 8.59. The van der Waals surface area contributed by atoms with Crippen molar-refractivity contribution < 1.29 is 9.84 Å². The molecule has 0 saturated heterocycles. The molecule has 4 rings (SSSR count). The first-order valence-electron chi connectivity index (χ1n) is 9.89. The van der Waals surface area contributed by atoms with E-state index in [0.717, 1.165) is 38.2 Å². The highest BCUT2D eigenvalue weighted by Crippen LogP contribution is 2.28. The third-order valence-electron chi connectivity index (χ3n) is 5.28. The molecule has 1 aromatic heterocycles. The van der Waals surface area contributed by atoms with Gasteiger partial charge in [0.1, 0.15) is 12.4 Å². The van der Waals surface area contributed by atoms with Gasteiger partial charge < -0.3 is 9.84 Å². The Hall–Kier alpha value is -2.63. The number of aryl methyl sites for hydroxylation is 1. The molecule has 28 heavy (non-hydrogen) atoms. The average molecular weight is 377 g/mol. The molecule has 0 bridgehead atoms. The summed E-state index contributed by atoms with van der Waals surface area (Å²) in [4.78, 5) is 2.49. The van der Waals surface area contributed by atoms with Crippen LogP contribution in [0.3, 0.4) is 0 Å². The number of hydrogen-bond acceptors (Lipinski definition) is 4. The van der Waals surface area contributed by atoms with Crippen LogP contribution in [0.5, 0.6) is 5.75 Å². The van der Waals surface area contributed by atoms with E-state index < -0.39 is 0 Å². The fourth-order valence-electron chi connectivity index (χ4n) is 4.00. The number of nitrogens with zero attached hydrogens (tertiary/aromatic N) is 3. The van der Waals surface area contributed by atoms with Crippen molar-refractivity contribution in [2.45, 2.75) is 19.4 Å². The second-order valence-corrected chi connectivity index (χ2v) is 7.26. The maximum atomic E-state index is 8.94. The predicted molar refractivity (Wildman–Crippen MR) is 110 cm³/mol. The minimum atomic E-state index is 0.0335. The maximum Gasteiger partial charge on any atom is 0.119 e. The first-order valence-corrected chi connectivity index (χ1v) is 9.89. The van der Waals surface area contributed by atoms with Crippen molar-refractivity contribution in [1.82, 2.24) is 14.7 Å². The standard InChI is InChI=1S/C23H27N3O2/c1-25-23(19-7-3-2-4-8-19)21-10-12-26(13-11-22(21)24-25)17-18-6-5-9-20(16-18)28-15-14-27/h2-9,16,27H,10-15,17H2,1H3. The van der Waals surface area contributed by atoms with Gasteiger partial charge in [0.25, 0.3) is 0 Å². The topological polar surface area (TPSA) is 50.5 Å². The van der Waals surface area contributed by atoms with Gasteiger partial charge in [-0.1, -0.05) is 42.5 Å². The third-order valence-corrected chi connectivity index (χ3v) is 5.28. The molecule has 5 nitrogen and oxygen atoms in total. The molecule has 0 amide bonds. The summed E-state index contributed by atoms with van der Waals surface area (Å²) in [6, 6.07) is 18.7. The minimum absolute atomic E-state index is 0.0335. The zero-order valence-corrected chi connectivity index (χ0v) is 16.3. The molecule has 0 atom stereocenters. The molecule has 1 aliphatic rings. The molecule has 1 aliphatic heterocycles. The summed E-state index contributed by atoms with van der Waals surface area (Å²) in [6.07, 6.45) is 1.98. The van der Waals surface area contributed by atoms with Crippen LogP contribution >= 0.6 is 0 Å². The number of aliphatic hydroxyl groups is 1. The lowest BCUT2D eigenvalue weighted by molar-refractivity contribution is 0.201. The van der Waals surface area contributed by atoms with Gasteiger partial charge in [-0.15, -0.1) is 0 Å². The molecule has 0 saturated carbocycles. The molecule has 0 fully saturated rings. The Kier molecular flexibility index (Phi) is 5.74. The summed E-state index contributed by atoms with van der Waals surface area (Å²) in [6.45, 7) is 3.27. The van der Waals surface area contributed by atoms with Gasteiger partial charge in [0.15, 0.2) is 0 Å². The maximum absolute atomic E-state index is 8.94. The monoisotopic (exact) mass is 377 g/mol. The van der Waals surface area contributed by atoms with Gasteiger partial charge in [0.05, 0.1) is 18.0 Å². The predicted octanol–water partition coefficient (Wildman–Crippen LogP) is 3.06. The number of benzene rings is 2. The third kappa shape index (κ3) is 4.11. The summed E-state index contributed by atoms with van der Waals surface area (Å²) in [5, 5.41) is 13.8. The fourth-order valence-corrected chi connectivity index (χ4v) is 4.00. The highest BCUT2D eigenvalue weighted by Gasteiger charge is 2.22. The van der Waals surface area contributed by atoms with E-state index in [-0.39, 0.29) is 6.61 Å². The van der Waals surface area contributed by atoms with E-state index in [2.05, 4.69) is 47.4 Å². The number of ether oxygens (including phenoxy) is 1. The smallest absolute Gasteiger partial charge is 0.119 e. The zero-order chi connectivity index (χ0) is 19.3. The van der Waals surface area contributed by atoms with Crippen molar-refractivity contribution in [3.8, 4) is 17.0 Å². The van der Waals surface area contributed by atoms with Gasteiger partial charge in [0.2, 0.25) is 0 Å². The van der Waals surface area contributed by atoms with E-state index in [4.69, 9.17) is 14.9 Å². The van der Waals surface area contributed by atoms with Crippen molar-refractivity contribution in [2.75, 3.05) is 26.3 Å². The first-order chi connectivity index (χ1) is 13.7. The lowest BCUT2D eigenvalue weighted by atomic mass is 10.0. The Balaban J connectivity index is 1.48. The Bertz CT molecular complexity index is 921. The van der Waals surface area contributed by atoms with Crippen molar-refractivity contribution in [3.05, 3.63) is 71.4 Å². The number of aromatic nitrogens is 2. The second-order valence-electron chi connectivity index (χ2n) is 7.26. The lowest BCUT2D eigenvalue weighted by Crippen LogP contribution is -2.26. The Labute approximate surface area is 166 Å². The van der Waals surface area contributed by atoms with E-state index in [1.807, 2.05) is 23.9 Å². The molecule has 0 radical (unpaired) electrons. The summed E-state index contributed by atoms with van der Waals surface area (Å²) < 4.78 is 7.58. The Morgan fingerprint density at radius 3 is 2.68 bits per heavy atom. The molecule has 146 valence electrons. The van der Waals surface area contributed by atoms with Gasteiger partial charge in [-0.05, 0) is 24.1 Å².